The molecule has 2 rings (SSSR count). The number of ether oxygens (including phenoxy) is 2. The Morgan fingerprint density at radius 1 is 1.20 bits per heavy atom. The van der Waals surface area contributed by atoms with Gasteiger partial charge in [-0.15, -0.1) is 0 Å². The van der Waals surface area contributed by atoms with Gasteiger partial charge in [0.1, 0.15) is 12.4 Å². The monoisotopic (exact) mass is 350 g/mol. The largest absolute Gasteiger partial charge is 0.463 e. The van der Waals surface area contributed by atoms with Gasteiger partial charge in [0.2, 0.25) is 0 Å². The molecule has 1 aliphatic rings. The van der Waals surface area contributed by atoms with E-state index in [1.54, 1.807) is 13.8 Å². The van der Waals surface area contributed by atoms with E-state index in [-0.39, 0.29) is 30.9 Å². The van der Waals surface area contributed by atoms with Crippen LogP contribution in [0.2, 0.25) is 0 Å². The van der Waals surface area contributed by atoms with Crippen molar-refractivity contribution < 1.29 is 28.2 Å². The van der Waals surface area contributed by atoms with Crippen LogP contribution in [0.1, 0.15) is 19.4 Å². The van der Waals surface area contributed by atoms with Gasteiger partial charge in [0.25, 0.3) is 0 Å². The number of rotatable bonds is 6. The molecule has 0 aliphatic carbocycles. The van der Waals surface area contributed by atoms with Crippen molar-refractivity contribution in [2.45, 2.75) is 26.3 Å². The van der Waals surface area contributed by atoms with E-state index in [0.29, 0.717) is 5.56 Å². The van der Waals surface area contributed by atoms with E-state index in [2.05, 4.69) is 10.6 Å². The van der Waals surface area contributed by atoms with E-state index in [1.165, 1.54) is 24.3 Å². The van der Waals surface area contributed by atoms with Crippen molar-refractivity contribution >= 4 is 18.0 Å². The molecule has 25 heavy (non-hydrogen) atoms. The number of hydrogen-bond donors (Lipinski definition) is 2. The zero-order valence-electron chi connectivity index (χ0n) is 13.9. The SMILES string of the molecule is CCOC(=O)C1=C(COC(=O)Cc2ccc(F)cc2)NC(=O)NC1C. The number of amides is 2. The standard InChI is InChI=1S/C17H19FN2O5/c1-3-24-16(22)15-10(2)19-17(23)20-13(15)9-25-14(21)8-11-4-6-12(18)7-5-11/h4-7,10H,3,8-9H2,1-2H3,(H2,19,20,23). The molecule has 7 nitrogen and oxygen atoms in total. The van der Waals surface area contributed by atoms with Crippen LogP contribution in [0.25, 0.3) is 0 Å². The van der Waals surface area contributed by atoms with E-state index < -0.39 is 29.8 Å². The summed E-state index contributed by atoms with van der Waals surface area (Å²) in [5.74, 6) is -1.55. The molecule has 0 fully saturated rings. The Balaban J connectivity index is 2.05. The van der Waals surface area contributed by atoms with Crippen LogP contribution in [0.3, 0.4) is 0 Å². The van der Waals surface area contributed by atoms with E-state index in [4.69, 9.17) is 9.47 Å². The van der Waals surface area contributed by atoms with Gasteiger partial charge in [0.15, 0.2) is 0 Å². The van der Waals surface area contributed by atoms with Crippen LogP contribution in [-0.4, -0.2) is 37.2 Å². The molecule has 1 aromatic carbocycles. The molecule has 1 unspecified atom stereocenters. The third-order valence-electron chi connectivity index (χ3n) is 3.50. The Labute approximate surface area is 144 Å². The average Bonchev–Trinajstić information content (AvgIpc) is 2.54. The topological polar surface area (TPSA) is 93.7 Å². The van der Waals surface area contributed by atoms with Gasteiger partial charge in [0.05, 0.1) is 30.3 Å². The second-order valence-corrected chi connectivity index (χ2v) is 5.40. The van der Waals surface area contributed by atoms with Gasteiger partial charge in [-0.2, -0.15) is 0 Å². The van der Waals surface area contributed by atoms with Crippen molar-refractivity contribution in [2.24, 2.45) is 0 Å². The molecule has 0 bridgehead atoms. The molecular formula is C17H19FN2O5. The molecule has 2 amide bonds. The Morgan fingerprint density at radius 3 is 2.52 bits per heavy atom. The first-order valence-electron chi connectivity index (χ1n) is 7.78. The summed E-state index contributed by atoms with van der Waals surface area (Å²) >= 11 is 0. The summed E-state index contributed by atoms with van der Waals surface area (Å²) in [6.45, 7) is 3.21. The summed E-state index contributed by atoms with van der Waals surface area (Å²) in [5, 5.41) is 5.01. The molecule has 1 aromatic rings. The Morgan fingerprint density at radius 2 is 1.88 bits per heavy atom. The second-order valence-electron chi connectivity index (χ2n) is 5.40. The first kappa shape index (κ1) is 18.4. The lowest BCUT2D eigenvalue weighted by Gasteiger charge is -2.26. The fourth-order valence-electron chi connectivity index (χ4n) is 2.37. The van der Waals surface area contributed by atoms with Crippen LogP contribution in [0, 0.1) is 5.82 Å². The first-order valence-corrected chi connectivity index (χ1v) is 7.78. The molecule has 0 saturated carbocycles. The number of halogens is 1. The Bertz CT molecular complexity index is 699. The highest BCUT2D eigenvalue weighted by atomic mass is 19.1. The van der Waals surface area contributed by atoms with E-state index in [0.717, 1.165) is 0 Å². The molecule has 0 radical (unpaired) electrons. The van der Waals surface area contributed by atoms with E-state index >= 15 is 0 Å². The molecule has 1 aliphatic heterocycles. The van der Waals surface area contributed by atoms with E-state index in [9.17, 15) is 18.8 Å². The third kappa shape index (κ3) is 5.03. The second kappa shape index (κ2) is 8.27. The Hall–Kier alpha value is -2.90. The fourth-order valence-corrected chi connectivity index (χ4v) is 2.37. The van der Waals surface area contributed by atoms with Crippen molar-refractivity contribution in [1.29, 1.82) is 0 Å². The summed E-state index contributed by atoms with van der Waals surface area (Å²) < 4.78 is 23.0. The first-order chi connectivity index (χ1) is 11.9. The minimum Gasteiger partial charge on any atom is -0.463 e. The number of benzene rings is 1. The predicted octanol–water partition coefficient (Wildman–Crippen LogP) is 1.43. The minimum absolute atomic E-state index is 0.0515. The van der Waals surface area contributed by atoms with Gasteiger partial charge in [-0.05, 0) is 31.5 Å². The number of carbonyl (C=O) groups is 3. The van der Waals surface area contributed by atoms with Crippen LogP contribution < -0.4 is 10.6 Å². The van der Waals surface area contributed by atoms with Crippen molar-refractivity contribution in [3.8, 4) is 0 Å². The highest BCUT2D eigenvalue weighted by Crippen LogP contribution is 2.15. The summed E-state index contributed by atoms with van der Waals surface area (Å²) in [4.78, 5) is 35.6. The zero-order chi connectivity index (χ0) is 18.4. The van der Waals surface area contributed by atoms with Crippen LogP contribution in [0.5, 0.6) is 0 Å². The predicted molar refractivity (Wildman–Crippen MR) is 85.9 cm³/mol. The fraction of sp³-hybridized carbons (Fsp3) is 0.353. The minimum atomic E-state index is -0.591. The normalized spacial score (nSPS) is 16.8. The molecule has 0 aromatic heterocycles. The molecular weight excluding hydrogens is 331 g/mol. The maximum absolute atomic E-state index is 12.9. The van der Waals surface area contributed by atoms with Gasteiger partial charge < -0.3 is 20.1 Å². The van der Waals surface area contributed by atoms with Gasteiger partial charge in [0, 0.05) is 0 Å². The van der Waals surface area contributed by atoms with Crippen molar-refractivity contribution in [3.63, 3.8) is 0 Å². The number of nitrogens with one attached hydrogen (secondary N) is 2. The summed E-state index contributed by atoms with van der Waals surface area (Å²) in [5.41, 5.74) is 0.979. The van der Waals surface area contributed by atoms with E-state index in [1.807, 2.05) is 0 Å². The molecule has 0 spiro atoms. The lowest BCUT2D eigenvalue weighted by Crippen LogP contribution is -2.50. The number of carbonyl (C=O) groups excluding carboxylic acids is 3. The molecule has 134 valence electrons. The number of hydrogen-bond acceptors (Lipinski definition) is 5. The number of urea groups is 1. The van der Waals surface area contributed by atoms with Crippen LogP contribution >= 0.6 is 0 Å². The van der Waals surface area contributed by atoms with Crippen LogP contribution in [0.15, 0.2) is 35.5 Å². The van der Waals surface area contributed by atoms with Gasteiger partial charge in [-0.1, -0.05) is 12.1 Å². The van der Waals surface area contributed by atoms with Crippen molar-refractivity contribution in [2.75, 3.05) is 13.2 Å². The molecule has 2 N–H and O–H groups in total. The average molecular weight is 350 g/mol. The molecule has 1 heterocycles. The van der Waals surface area contributed by atoms with Gasteiger partial charge in [-0.3, -0.25) is 4.79 Å². The molecule has 0 saturated heterocycles. The molecule has 1 atom stereocenters. The third-order valence-corrected chi connectivity index (χ3v) is 3.50. The van der Waals surface area contributed by atoms with Crippen LogP contribution in [-0.2, 0) is 25.5 Å². The Kier molecular flexibility index (Phi) is 6.10. The summed E-state index contributed by atoms with van der Waals surface area (Å²) in [7, 11) is 0. The van der Waals surface area contributed by atoms with Gasteiger partial charge >= 0.3 is 18.0 Å². The van der Waals surface area contributed by atoms with Gasteiger partial charge in [-0.25, -0.2) is 14.0 Å². The summed E-state index contributed by atoms with van der Waals surface area (Å²) in [6.07, 6.45) is -0.0515. The highest BCUT2D eigenvalue weighted by Gasteiger charge is 2.30. The lowest BCUT2D eigenvalue weighted by atomic mass is 10.0. The number of esters is 2. The molecule has 8 heteroatoms. The smallest absolute Gasteiger partial charge is 0.338 e. The van der Waals surface area contributed by atoms with Crippen molar-refractivity contribution in [1.82, 2.24) is 10.6 Å². The zero-order valence-corrected chi connectivity index (χ0v) is 13.9. The maximum Gasteiger partial charge on any atom is 0.338 e. The summed E-state index contributed by atoms with van der Waals surface area (Å²) in [6, 6.07) is 4.39. The van der Waals surface area contributed by atoms with Crippen LogP contribution in [0.4, 0.5) is 9.18 Å². The quantitative estimate of drug-likeness (QED) is 0.757. The maximum atomic E-state index is 12.9. The lowest BCUT2D eigenvalue weighted by molar-refractivity contribution is -0.143. The van der Waals surface area contributed by atoms with Crippen molar-refractivity contribution in [3.05, 3.63) is 46.9 Å². The highest BCUT2D eigenvalue weighted by molar-refractivity contribution is 5.94.